The zero-order valence-corrected chi connectivity index (χ0v) is 16.4. The van der Waals surface area contributed by atoms with E-state index in [4.69, 9.17) is 0 Å². The van der Waals surface area contributed by atoms with Gasteiger partial charge in [-0.25, -0.2) is 4.39 Å². The minimum absolute atomic E-state index is 0.00716. The van der Waals surface area contributed by atoms with Crippen LogP contribution in [0.2, 0.25) is 0 Å². The lowest BCUT2D eigenvalue weighted by molar-refractivity contribution is -0.127. The van der Waals surface area contributed by atoms with Gasteiger partial charge >= 0.3 is 0 Å². The Hall–Kier alpha value is -3.65. The summed E-state index contributed by atoms with van der Waals surface area (Å²) in [4.78, 5) is 38.1. The molecule has 0 spiro atoms. The van der Waals surface area contributed by atoms with Crippen molar-refractivity contribution in [2.45, 2.75) is 0 Å². The molecule has 0 bridgehead atoms. The zero-order valence-electron chi connectivity index (χ0n) is 15.6. The Kier molecular flexibility index (Phi) is 5.49. The Morgan fingerprint density at radius 2 is 1.77 bits per heavy atom. The number of benzene rings is 2. The fourth-order valence-electron chi connectivity index (χ4n) is 2.94. The van der Waals surface area contributed by atoms with Gasteiger partial charge in [0.25, 0.3) is 11.1 Å². The third-order valence-electron chi connectivity index (χ3n) is 4.39. The molecule has 1 N–H and O–H groups in total. The number of thioether (sulfide) groups is 1. The van der Waals surface area contributed by atoms with Gasteiger partial charge in [-0.2, -0.15) is 0 Å². The molecule has 6 nitrogen and oxygen atoms in total. The monoisotopic (exact) mass is 421 g/mol. The van der Waals surface area contributed by atoms with Gasteiger partial charge in [0.05, 0.1) is 10.6 Å². The molecule has 2 aromatic carbocycles. The SMILES string of the molecule is O=C(CN1C(=O)S/C(=C/c2ccn(-c3ccccc3)c2)C1=O)Nc1ccccc1F. The van der Waals surface area contributed by atoms with Crippen molar-refractivity contribution in [1.82, 2.24) is 9.47 Å². The van der Waals surface area contributed by atoms with Gasteiger partial charge in [0, 0.05) is 18.1 Å². The molecular weight excluding hydrogens is 405 g/mol. The summed E-state index contributed by atoms with van der Waals surface area (Å²) in [5.41, 5.74) is 1.71. The molecule has 1 fully saturated rings. The first-order valence-electron chi connectivity index (χ1n) is 9.04. The normalized spacial score (nSPS) is 15.1. The van der Waals surface area contributed by atoms with Crippen molar-refractivity contribution < 1.29 is 18.8 Å². The van der Waals surface area contributed by atoms with Gasteiger partial charge in [-0.15, -0.1) is 0 Å². The molecule has 2 heterocycles. The van der Waals surface area contributed by atoms with Crippen LogP contribution < -0.4 is 5.32 Å². The Morgan fingerprint density at radius 3 is 2.53 bits per heavy atom. The van der Waals surface area contributed by atoms with Crippen LogP contribution in [-0.4, -0.2) is 33.1 Å². The standard InChI is InChI=1S/C22H16FN3O3S/c23-17-8-4-5-9-18(17)24-20(27)14-26-21(28)19(30-22(26)29)12-15-10-11-25(13-15)16-6-2-1-3-7-16/h1-13H,14H2,(H,24,27)/b19-12+. The number of carbonyl (C=O) groups is 3. The first kappa shape index (κ1) is 19.7. The number of rotatable bonds is 5. The number of carbonyl (C=O) groups excluding carboxylic acids is 3. The summed E-state index contributed by atoms with van der Waals surface area (Å²) in [6.45, 7) is -0.485. The van der Waals surface area contributed by atoms with Crippen molar-refractivity contribution in [1.29, 1.82) is 0 Å². The van der Waals surface area contributed by atoms with E-state index < -0.39 is 29.4 Å². The van der Waals surface area contributed by atoms with Gasteiger partial charge < -0.3 is 9.88 Å². The second-order valence-corrected chi connectivity index (χ2v) is 7.48. The maximum atomic E-state index is 13.7. The summed E-state index contributed by atoms with van der Waals surface area (Å²) >= 11 is 0.768. The van der Waals surface area contributed by atoms with E-state index in [0.717, 1.165) is 27.9 Å². The Balaban J connectivity index is 1.45. The van der Waals surface area contributed by atoms with Crippen molar-refractivity contribution >= 4 is 40.6 Å². The number of amides is 3. The smallest absolute Gasteiger partial charge is 0.294 e. The number of anilines is 1. The summed E-state index contributed by atoms with van der Waals surface area (Å²) in [6.07, 6.45) is 5.31. The highest BCUT2D eigenvalue weighted by Crippen LogP contribution is 2.32. The molecule has 4 rings (SSSR count). The summed E-state index contributed by atoms with van der Waals surface area (Å²) < 4.78 is 15.6. The molecule has 150 valence electrons. The summed E-state index contributed by atoms with van der Waals surface area (Å²) in [6, 6.07) is 17.2. The predicted molar refractivity (Wildman–Crippen MR) is 113 cm³/mol. The van der Waals surface area contributed by atoms with Gasteiger partial charge in [-0.05, 0) is 53.7 Å². The number of hydrogen-bond donors (Lipinski definition) is 1. The molecule has 8 heteroatoms. The number of imide groups is 1. The van der Waals surface area contributed by atoms with Crippen LogP contribution in [0.3, 0.4) is 0 Å². The molecule has 0 aliphatic carbocycles. The van der Waals surface area contributed by atoms with Crippen LogP contribution in [0, 0.1) is 5.82 Å². The van der Waals surface area contributed by atoms with Gasteiger partial charge in [0.15, 0.2) is 0 Å². The third kappa shape index (κ3) is 4.18. The van der Waals surface area contributed by atoms with Crippen LogP contribution in [0.15, 0.2) is 78.0 Å². The van der Waals surface area contributed by atoms with E-state index >= 15 is 0 Å². The Labute approximate surface area is 176 Å². The molecular formula is C22H16FN3O3S. The lowest BCUT2D eigenvalue weighted by Crippen LogP contribution is -2.36. The Bertz CT molecular complexity index is 1160. The maximum absolute atomic E-state index is 13.7. The van der Waals surface area contributed by atoms with Gasteiger partial charge in [0.1, 0.15) is 12.4 Å². The topological polar surface area (TPSA) is 71.4 Å². The number of nitrogens with zero attached hydrogens (tertiary/aromatic N) is 2. The van der Waals surface area contributed by atoms with Crippen molar-refractivity contribution in [2.24, 2.45) is 0 Å². The average molecular weight is 421 g/mol. The molecule has 30 heavy (non-hydrogen) atoms. The third-order valence-corrected chi connectivity index (χ3v) is 5.30. The fraction of sp³-hybridized carbons (Fsp3) is 0.0455. The molecule has 0 unspecified atom stereocenters. The predicted octanol–water partition coefficient (Wildman–Crippen LogP) is 4.29. The van der Waals surface area contributed by atoms with E-state index in [0.29, 0.717) is 0 Å². The molecule has 0 saturated carbocycles. The summed E-state index contributed by atoms with van der Waals surface area (Å²) in [5.74, 6) is -1.80. The van der Waals surface area contributed by atoms with E-state index in [1.165, 1.54) is 18.2 Å². The lowest BCUT2D eigenvalue weighted by Gasteiger charge is -2.12. The number of nitrogens with one attached hydrogen (secondary N) is 1. The molecule has 3 aromatic rings. The van der Waals surface area contributed by atoms with E-state index in [2.05, 4.69) is 5.32 Å². The first-order valence-corrected chi connectivity index (χ1v) is 9.86. The molecule has 1 saturated heterocycles. The number of para-hydroxylation sites is 2. The van der Waals surface area contributed by atoms with E-state index in [9.17, 15) is 18.8 Å². The molecule has 1 aliphatic heterocycles. The average Bonchev–Trinajstić information content (AvgIpc) is 3.31. The van der Waals surface area contributed by atoms with E-state index in [1.54, 1.807) is 12.1 Å². The van der Waals surface area contributed by atoms with Gasteiger partial charge in [-0.3, -0.25) is 19.3 Å². The maximum Gasteiger partial charge on any atom is 0.294 e. The molecule has 3 amide bonds. The number of hydrogen-bond acceptors (Lipinski definition) is 4. The van der Waals surface area contributed by atoms with Crippen LogP contribution in [-0.2, 0) is 9.59 Å². The molecule has 0 atom stereocenters. The quantitative estimate of drug-likeness (QED) is 0.624. The highest BCUT2D eigenvalue weighted by Gasteiger charge is 2.36. The Morgan fingerprint density at radius 1 is 1.03 bits per heavy atom. The van der Waals surface area contributed by atoms with E-state index in [-0.39, 0.29) is 10.6 Å². The van der Waals surface area contributed by atoms with Crippen molar-refractivity contribution in [3.8, 4) is 5.69 Å². The second kappa shape index (κ2) is 8.38. The van der Waals surface area contributed by atoms with Crippen molar-refractivity contribution in [3.63, 3.8) is 0 Å². The van der Waals surface area contributed by atoms with E-state index in [1.807, 2.05) is 53.4 Å². The minimum Gasteiger partial charge on any atom is -0.323 e. The first-order chi connectivity index (χ1) is 14.5. The summed E-state index contributed by atoms with van der Waals surface area (Å²) in [5, 5.41) is 1.83. The van der Waals surface area contributed by atoms with Crippen LogP contribution in [0.4, 0.5) is 14.9 Å². The minimum atomic E-state index is -0.654. The number of halogens is 1. The van der Waals surface area contributed by atoms with Crippen LogP contribution in [0.5, 0.6) is 0 Å². The van der Waals surface area contributed by atoms with Crippen LogP contribution in [0.1, 0.15) is 5.56 Å². The highest BCUT2D eigenvalue weighted by atomic mass is 32.2. The van der Waals surface area contributed by atoms with Crippen LogP contribution >= 0.6 is 11.8 Å². The van der Waals surface area contributed by atoms with Crippen LogP contribution in [0.25, 0.3) is 11.8 Å². The molecule has 1 aliphatic rings. The fourth-order valence-corrected chi connectivity index (χ4v) is 3.78. The largest absolute Gasteiger partial charge is 0.323 e. The molecule has 1 aromatic heterocycles. The number of aromatic nitrogens is 1. The lowest BCUT2D eigenvalue weighted by atomic mass is 10.3. The summed E-state index contributed by atoms with van der Waals surface area (Å²) in [7, 11) is 0. The second-order valence-electron chi connectivity index (χ2n) is 6.48. The van der Waals surface area contributed by atoms with Gasteiger partial charge in [-0.1, -0.05) is 30.3 Å². The van der Waals surface area contributed by atoms with Crippen molar-refractivity contribution in [2.75, 3.05) is 11.9 Å². The molecule has 0 radical (unpaired) electrons. The van der Waals surface area contributed by atoms with Gasteiger partial charge in [0.2, 0.25) is 5.91 Å². The zero-order chi connectivity index (χ0) is 21.1. The highest BCUT2D eigenvalue weighted by molar-refractivity contribution is 8.18. The van der Waals surface area contributed by atoms with Crippen molar-refractivity contribution in [3.05, 3.63) is 89.3 Å².